The lowest BCUT2D eigenvalue weighted by molar-refractivity contribution is -0.139. The number of carbonyl (C=O) groups is 1. The summed E-state index contributed by atoms with van der Waals surface area (Å²) in [5.41, 5.74) is 0.693. The monoisotopic (exact) mass is 425 g/mol. The predicted molar refractivity (Wildman–Crippen MR) is 103 cm³/mol. The van der Waals surface area contributed by atoms with E-state index in [1.165, 1.54) is 6.08 Å². The minimum absolute atomic E-state index is 0.114. The average Bonchev–Trinajstić information content (AvgIpc) is 2.65. The van der Waals surface area contributed by atoms with Crippen LogP contribution in [0.4, 0.5) is 0 Å². The van der Waals surface area contributed by atoms with Crippen LogP contribution in [0, 0.1) is 11.3 Å². The number of nitrogens with one attached hydrogen (secondary N) is 1. The number of halogens is 1. The maximum atomic E-state index is 12.3. The molecule has 1 heterocycles. The van der Waals surface area contributed by atoms with Gasteiger partial charge < -0.3 is 14.8 Å². The zero-order valence-electron chi connectivity index (χ0n) is 13.8. The average molecular weight is 426 g/mol. The maximum Gasteiger partial charge on any atom is 0.341 e. The van der Waals surface area contributed by atoms with Crippen LogP contribution in [0.15, 0.2) is 51.7 Å². The lowest BCUT2D eigenvalue weighted by atomic mass is 10.1. The molecule has 2 N–H and O–H groups in total. The molecule has 3 aromatic rings. The second-order valence-corrected chi connectivity index (χ2v) is 6.38. The number of aromatic amines is 1. The number of rotatable bonds is 5. The second-order valence-electron chi connectivity index (χ2n) is 5.47. The molecule has 0 aliphatic carbocycles. The number of fused-ring (bicyclic) bond motifs is 1. The Morgan fingerprint density at radius 1 is 1.33 bits per heavy atom. The standard InChI is InChI=1S/C19H12BrN3O4/c20-13-5-6-15-14(8-13)19(26)23-18(22-15)12(9-21)7-11-3-1-2-4-16(11)27-10-17(24)25/h1-8H,10H2,(H,24,25)(H,22,23,26)/b12-7-. The molecule has 1 aromatic heterocycles. The van der Waals surface area contributed by atoms with Crippen LogP contribution in [-0.2, 0) is 4.79 Å². The molecule has 2 aromatic carbocycles. The lowest BCUT2D eigenvalue weighted by Gasteiger charge is -2.07. The third-order valence-electron chi connectivity index (χ3n) is 3.61. The van der Waals surface area contributed by atoms with Crippen molar-refractivity contribution in [2.45, 2.75) is 0 Å². The van der Waals surface area contributed by atoms with Crippen LogP contribution < -0.4 is 10.3 Å². The molecule has 27 heavy (non-hydrogen) atoms. The van der Waals surface area contributed by atoms with E-state index in [1.807, 2.05) is 6.07 Å². The van der Waals surface area contributed by atoms with Crippen molar-refractivity contribution in [3.63, 3.8) is 0 Å². The minimum atomic E-state index is -1.11. The van der Waals surface area contributed by atoms with E-state index in [-0.39, 0.29) is 17.0 Å². The third-order valence-corrected chi connectivity index (χ3v) is 4.11. The number of H-pyrrole nitrogens is 1. The van der Waals surface area contributed by atoms with E-state index in [2.05, 4.69) is 25.9 Å². The normalized spacial score (nSPS) is 11.2. The molecule has 0 saturated heterocycles. The van der Waals surface area contributed by atoms with Gasteiger partial charge in [0.1, 0.15) is 11.8 Å². The smallest absolute Gasteiger partial charge is 0.341 e. The quantitative estimate of drug-likeness (QED) is 0.606. The number of benzene rings is 2. The SMILES string of the molecule is N#C/C(=C/c1ccccc1OCC(=O)O)c1nc2ccc(Br)cc2c(=O)[nH]1. The molecule has 0 amide bonds. The van der Waals surface area contributed by atoms with Gasteiger partial charge in [0.2, 0.25) is 0 Å². The Morgan fingerprint density at radius 3 is 2.85 bits per heavy atom. The van der Waals surface area contributed by atoms with Crippen molar-refractivity contribution >= 4 is 44.5 Å². The predicted octanol–water partition coefficient (Wildman–Crippen LogP) is 3.21. The summed E-state index contributed by atoms with van der Waals surface area (Å²) in [7, 11) is 0. The first-order valence-electron chi connectivity index (χ1n) is 7.73. The highest BCUT2D eigenvalue weighted by molar-refractivity contribution is 9.10. The molecular formula is C19H12BrN3O4. The van der Waals surface area contributed by atoms with Gasteiger partial charge in [0.15, 0.2) is 12.4 Å². The summed E-state index contributed by atoms with van der Waals surface area (Å²) in [6.45, 7) is -0.507. The Labute approximate surface area is 161 Å². The van der Waals surface area contributed by atoms with Gasteiger partial charge in [-0.15, -0.1) is 0 Å². The first kappa shape index (κ1) is 18.4. The van der Waals surface area contributed by atoms with Crippen molar-refractivity contribution in [2.75, 3.05) is 6.61 Å². The van der Waals surface area contributed by atoms with E-state index in [4.69, 9.17) is 9.84 Å². The van der Waals surface area contributed by atoms with Crippen molar-refractivity contribution in [2.24, 2.45) is 0 Å². The molecule has 0 spiro atoms. The van der Waals surface area contributed by atoms with Gasteiger partial charge in [-0.1, -0.05) is 34.1 Å². The summed E-state index contributed by atoms with van der Waals surface area (Å²) in [5.74, 6) is -0.689. The van der Waals surface area contributed by atoms with Gasteiger partial charge >= 0.3 is 5.97 Å². The molecule has 0 aliphatic rings. The van der Waals surface area contributed by atoms with Gasteiger partial charge in [-0.25, -0.2) is 9.78 Å². The first-order valence-corrected chi connectivity index (χ1v) is 8.52. The van der Waals surface area contributed by atoms with Crippen LogP contribution in [-0.4, -0.2) is 27.7 Å². The molecule has 0 radical (unpaired) electrons. The second kappa shape index (κ2) is 7.85. The molecule has 0 aliphatic heterocycles. The van der Waals surface area contributed by atoms with E-state index in [1.54, 1.807) is 42.5 Å². The zero-order chi connectivity index (χ0) is 19.4. The Balaban J connectivity index is 2.07. The number of hydrogen-bond acceptors (Lipinski definition) is 5. The van der Waals surface area contributed by atoms with Crippen molar-refractivity contribution in [1.29, 1.82) is 5.26 Å². The topological polar surface area (TPSA) is 116 Å². The van der Waals surface area contributed by atoms with Gasteiger partial charge in [-0.3, -0.25) is 4.79 Å². The van der Waals surface area contributed by atoms with Crippen LogP contribution in [0.5, 0.6) is 5.75 Å². The molecule has 0 fully saturated rings. The molecule has 3 rings (SSSR count). The van der Waals surface area contributed by atoms with E-state index in [0.29, 0.717) is 22.2 Å². The van der Waals surface area contributed by atoms with Gasteiger partial charge in [-0.05, 0) is 30.3 Å². The number of carboxylic acid groups (broad SMARTS) is 1. The maximum absolute atomic E-state index is 12.3. The fourth-order valence-corrected chi connectivity index (χ4v) is 2.78. The zero-order valence-corrected chi connectivity index (χ0v) is 15.4. The number of hydrogen-bond donors (Lipinski definition) is 2. The highest BCUT2D eigenvalue weighted by atomic mass is 79.9. The van der Waals surface area contributed by atoms with Crippen molar-refractivity contribution in [1.82, 2.24) is 9.97 Å². The molecular weight excluding hydrogens is 414 g/mol. The summed E-state index contributed by atoms with van der Waals surface area (Å²) in [5, 5.41) is 18.7. The van der Waals surface area contributed by atoms with Crippen molar-refractivity contribution in [3.8, 4) is 11.8 Å². The molecule has 0 saturated carbocycles. The van der Waals surface area contributed by atoms with E-state index in [0.717, 1.165) is 4.47 Å². The lowest BCUT2D eigenvalue weighted by Crippen LogP contribution is -2.11. The number of allylic oxidation sites excluding steroid dienone is 1. The number of carboxylic acids is 1. The molecule has 0 unspecified atom stereocenters. The molecule has 7 nitrogen and oxygen atoms in total. The highest BCUT2D eigenvalue weighted by Crippen LogP contribution is 2.24. The van der Waals surface area contributed by atoms with E-state index >= 15 is 0 Å². The van der Waals surface area contributed by atoms with Gasteiger partial charge in [0, 0.05) is 10.0 Å². The molecule has 134 valence electrons. The summed E-state index contributed by atoms with van der Waals surface area (Å²) >= 11 is 3.30. The van der Waals surface area contributed by atoms with Gasteiger partial charge in [-0.2, -0.15) is 5.26 Å². The third kappa shape index (κ3) is 4.22. The van der Waals surface area contributed by atoms with Gasteiger partial charge in [0.25, 0.3) is 5.56 Å². The number of ether oxygens (including phenoxy) is 1. The largest absolute Gasteiger partial charge is 0.481 e. The fourth-order valence-electron chi connectivity index (χ4n) is 2.42. The summed E-state index contributed by atoms with van der Waals surface area (Å²) in [6, 6.07) is 13.8. The molecule has 0 bridgehead atoms. The molecule has 8 heteroatoms. The van der Waals surface area contributed by atoms with Crippen LogP contribution in [0.2, 0.25) is 0 Å². The molecule has 0 atom stereocenters. The first-order chi connectivity index (χ1) is 13.0. The fraction of sp³-hybridized carbons (Fsp3) is 0.0526. The minimum Gasteiger partial charge on any atom is -0.481 e. The van der Waals surface area contributed by atoms with Crippen LogP contribution >= 0.6 is 15.9 Å². The summed E-state index contributed by atoms with van der Waals surface area (Å²) in [4.78, 5) is 30.0. The van der Waals surface area contributed by atoms with Crippen LogP contribution in [0.25, 0.3) is 22.6 Å². The number of aliphatic carboxylic acids is 1. The van der Waals surface area contributed by atoms with Gasteiger partial charge in [0.05, 0.1) is 16.5 Å². The summed E-state index contributed by atoms with van der Waals surface area (Å²) < 4.78 is 5.98. The number of nitriles is 1. The Hall–Kier alpha value is -3.44. The highest BCUT2D eigenvalue weighted by Gasteiger charge is 2.11. The van der Waals surface area contributed by atoms with Crippen molar-refractivity contribution < 1.29 is 14.6 Å². The Morgan fingerprint density at radius 2 is 2.11 bits per heavy atom. The van der Waals surface area contributed by atoms with E-state index in [9.17, 15) is 14.9 Å². The Bertz CT molecular complexity index is 1160. The van der Waals surface area contributed by atoms with Crippen molar-refractivity contribution in [3.05, 3.63) is 68.7 Å². The van der Waals surface area contributed by atoms with Crippen LogP contribution in [0.1, 0.15) is 11.4 Å². The number of aromatic nitrogens is 2. The number of nitrogens with zero attached hydrogens (tertiary/aromatic N) is 2. The van der Waals surface area contributed by atoms with E-state index < -0.39 is 12.6 Å². The summed E-state index contributed by atoms with van der Waals surface area (Å²) in [6.07, 6.45) is 1.49. The Kier molecular flexibility index (Phi) is 5.33. The van der Waals surface area contributed by atoms with Crippen LogP contribution in [0.3, 0.4) is 0 Å². The number of para-hydroxylation sites is 1.